The molecule has 18 heavy (non-hydrogen) atoms. The lowest BCUT2D eigenvalue weighted by molar-refractivity contribution is -0.145. The number of nitriles is 1. The Kier molecular flexibility index (Phi) is 4.82. The highest BCUT2D eigenvalue weighted by molar-refractivity contribution is 7.99. The molecule has 0 spiro atoms. The van der Waals surface area contributed by atoms with Gasteiger partial charge in [-0.3, -0.25) is 0 Å². The van der Waals surface area contributed by atoms with Crippen molar-refractivity contribution in [2.24, 2.45) is 0 Å². The van der Waals surface area contributed by atoms with E-state index in [0.29, 0.717) is 10.8 Å². The molecule has 1 aliphatic heterocycles. The lowest BCUT2D eigenvalue weighted by Gasteiger charge is -2.26. The van der Waals surface area contributed by atoms with Gasteiger partial charge in [0, 0.05) is 0 Å². The molecule has 0 aliphatic carbocycles. The highest BCUT2D eigenvalue weighted by Gasteiger charge is 2.18. The second-order valence-corrected chi connectivity index (χ2v) is 5.12. The molecule has 0 atom stereocenters. The summed E-state index contributed by atoms with van der Waals surface area (Å²) in [5.41, 5.74) is 1.70. The SMILES string of the molecule is CSC1COC(/C=C/c2ccc(C#N)cc2)OC1. The zero-order valence-electron chi connectivity index (χ0n) is 10.2. The summed E-state index contributed by atoms with van der Waals surface area (Å²) in [4.78, 5) is 0. The maximum absolute atomic E-state index is 8.70. The molecule has 0 aromatic heterocycles. The van der Waals surface area contributed by atoms with E-state index in [0.717, 1.165) is 18.8 Å². The van der Waals surface area contributed by atoms with Crippen LogP contribution in [0.5, 0.6) is 0 Å². The minimum atomic E-state index is -0.260. The summed E-state index contributed by atoms with van der Waals surface area (Å²) in [6.07, 6.45) is 5.65. The van der Waals surface area contributed by atoms with Gasteiger partial charge < -0.3 is 9.47 Å². The van der Waals surface area contributed by atoms with Crippen LogP contribution in [-0.4, -0.2) is 31.0 Å². The molecule has 0 amide bonds. The van der Waals surface area contributed by atoms with Crippen molar-refractivity contribution in [2.75, 3.05) is 19.5 Å². The van der Waals surface area contributed by atoms with Crippen LogP contribution < -0.4 is 0 Å². The van der Waals surface area contributed by atoms with Crippen LogP contribution in [-0.2, 0) is 9.47 Å². The van der Waals surface area contributed by atoms with E-state index >= 15 is 0 Å². The summed E-state index contributed by atoms with van der Waals surface area (Å²) in [6, 6.07) is 9.50. The summed E-state index contributed by atoms with van der Waals surface area (Å²) in [5.74, 6) is 0. The number of thioether (sulfide) groups is 1. The Balaban J connectivity index is 1.89. The van der Waals surface area contributed by atoms with Crippen molar-refractivity contribution in [3.8, 4) is 6.07 Å². The van der Waals surface area contributed by atoms with E-state index in [1.807, 2.05) is 24.3 Å². The normalized spacial score (nSPS) is 24.0. The molecule has 1 heterocycles. The summed E-state index contributed by atoms with van der Waals surface area (Å²) in [5, 5.41) is 9.14. The third-order valence-corrected chi connectivity index (χ3v) is 3.65. The molecular weight excluding hydrogens is 246 g/mol. The molecule has 0 saturated carbocycles. The van der Waals surface area contributed by atoms with Gasteiger partial charge in [-0.2, -0.15) is 17.0 Å². The zero-order chi connectivity index (χ0) is 12.8. The van der Waals surface area contributed by atoms with E-state index in [1.54, 1.807) is 23.9 Å². The Bertz CT molecular complexity index is 442. The van der Waals surface area contributed by atoms with E-state index in [2.05, 4.69) is 12.3 Å². The molecule has 0 N–H and O–H groups in total. The first-order valence-corrected chi connectivity index (χ1v) is 7.05. The largest absolute Gasteiger partial charge is 0.348 e. The first-order chi connectivity index (χ1) is 8.81. The molecule has 1 fully saturated rings. The van der Waals surface area contributed by atoms with Gasteiger partial charge in [-0.15, -0.1) is 0 Å². The van der Waals surface area contributed by atoms with Gasteiger partial charge in [-0.25, -0.2) is 0 Å². The standard InChI is InChI=1S/C14H15NO2S/c1-18-13-9-16-14(17-10-13)7-6-11-2-4-12(8-15)5-3-11/h2-7,13-14H,9-10H2,1H3/b7-6+. The molecule has 1 aliphatic rings. The molecule has 1 aromatic carbocycles. The lowest BCUT2D eigenvalue weighted by atomic mass is 10.1. The van der Waals surface area contributed by atoms with Crippen molar-refractivity contribution in [3.63, 3.8) is 0 Å². The molecule has 1 saturated heterocycles. The first-order valence-electron chi connectivity index (χ1n) is 5.76. The van der Waals surface area contributed by atoms with Gasteiger partial charge in [0.05, 0.1) is 30.1 Å². The predicted octanol–water partition coefficient (Wildman–Crippen LogP) is 2.68. The van der Waals surface area contributed by atoms with Gasteiger partial charge in [-0.05, 0) is 30.0 Å². The Hall–Kier alpha value is -1.28. The first kappa shape index (κ1) is 13.2. The van der Waals surface area contributed by atoms with Crippen LogP contribution in [0.2, 0.25) is 0 Å². The fourth-order valence-corrected chi connectivity index (χ4v) is 2.04. The van der Waals surface area contributed by atoms with Crippen LogP contribution in [0.1, 0.15) is 11.1 Å². The van der Waals surface area contributed by atoms with Crippen molar-refractivity contribution in [1.82, 2.24) is 0 Å². The van der Waals surface area contributed by atoms with Crippen molar-refractivity contribution in [3.05, 3.63) is 41.5 Å². The molecular formula is C14H15NO2S. The third-order valence-electron chi connectivity index (χ3n) is 2.71. The van der Waals surface area contributed by atoms with Gasteiger partial charge >= 0.3 is 0 Å². The van der Waals surface area contributed by atoms with Gasteiger partial charge in [0.25, 0.3) is 0 Å². The molecule has 0 radical (unpaired) electrons. The van der Waals surface area contributed by atoms with E-state index < -0.39 is 0 Å². The van der Waals surface area contributed by atoms with Crippen LogP contribution >= 0.6 is 11.8 Å². The second-order valence-electron chi connectivity index (χ2n) is 3.99. The fourth-order valence-electron chi connectivity index (χ4n) is 1.61. The maximum Gasteiger partial charge on any atom is 0.177 e. The Labute approximate surface area is 111 Å². The quantitative estimate of drug-likeness (QED) is 0.839. The summed E-state index contributed by atoms with van der Waals surface area (Å²) < 4.78 is 11.1. The lowest BCUT2D eigenvalue weighted by Crippen LogP contribution is -2.32. The average Bonchev–Trinajstić information content (AvgIpc) is 2.46. The van der Waals surface area contributed by atoms with Crippen LogP contribution in [0.4, 0.5) is 0 Å². The van der Waals surface area contributed by atoms with Crippen molar-refractivity contribution in [1.29, 1.82) is 5.26 Å². The minimum absolute atomic E-state index is 0.260. The van der Waals surface area contributed by atoms with Crippen LogP contribution in [0.25, 0.3) is 6.08 Å². The third kappa shape index (κ3) is 3.61. The highest BCUT2D eigenvalue weighted by Crippen LogP contribution is 2.16. The predicted molar refractivity (Wildman–Crippen MR) is 73.2 cm³/mol. The number of nitrogens with zero attached hydrogens (tertiary/aromatic N) is 1. The molecule has 4 heteroatoms. The topological polar surface area (TPSA) is 42.2 Å². The monoisotopic (exact) mass is 261 g/mol. The number of ether oxygens (including phenoxy) is 2. The number of hydrogen-bond donors (Lipinski definition) is 0. The molecule has 3 nitrogen and oxygen atoms in total. The van der Waals surface area contributed by atoms with Gasteiger partial charge in [0.1, 0.15) is 0 Å². The Morgan fingerprint density at radius 3 is 2.50 bits per heavy atom. The summed E-state index contributed by atoms with van der Waals surface area (Å²) in [7, 11) is 0. The van der Waals surface area contributed by atoms with Crippen molar-refractivity contribution < 1.29 is 9.47 Å². The van der Waals surface area contributed by atoms with E-state index in [1.165, 1.54) is 0 Å². The number of rotatable bonds is 3. The molecule has 94 valence electrons. The number of benzene rings is 1. The van der Waals surface area contributed by atoms with Crippen molar-refractivity contribution >= 4 is 17.8 Å². The summed E-state index contributed by atoms with van der Waals surface area (Å²) in [6.45, 7) is 1.45. The van der Waals surface area contributed by atoms with Gasteiger partial charge in [-0.1, -0.05) is 18.2 Å². The Morgan fingerprint density at radius 2 is 1.94 bits per heavy atom. The maximum atomic E-state index is 8.70. The summed E-state index contributed by atoms with van der Waals surface area (Å²) >= 11 is 1.76. The van der Waals surface area contributed by atoms with Gasteiger partial charge in [0.15, 0.2) is 6.29 Å². The smallest absolute Gasteiger partial charge is 0.177 e. The van der Waals surface area contributed by atoms with E-state index in [4.69, 9.17) is 14.7 Å². The number of hydrogen-bond acceptors (Lipinski definition) is 4. The average molecular weight is 261 g/mol. The van der Waals surface area contributed by atoms with Gasteiger partial charge in [0.2, 0.25) is 0 Å². The van der Waals surface area contributed by atoms with E-state index in [-0.39, 0.29) is 6.29 Å². The van der Waals surface area contributed by atoms with E-state index in [9.17, 15) is 0 Å². The minimum Gasteiger partial charge on any atom is -0.348 e. The molecule has 0 bridgehead atoms. The molecule has 1 aromatic rings. The molecule has 2 rings (SSSR count). The van der Waals surface area contributed by atoms with Crippen LogP contribution in [0, 0.1) is 11.3 Å². The van der Waals surface area contributed by atoms with Crippen LogP contribution in [0.15, 0.2) is 30.3 Å². The second kappa shape index (κ2) is 6.60. The fraction of sp³-hybridized carbons (Fsp3) is 0.357. The highest BCUT2D eigenvalue weighted by atomic mass is 32.2. The zero-order valence-corrected chi connectivity index (χ0v) is 11.0. The van der Waals surface area contributed by atoms with Crippen molar-refractivity contribution in [2.45, 2.75) is 11.5 Å². The molecule has 0 unspecified atom stereocenters. The Morgan fingerprint density at radius 1 is 1.28 bits per heavy atom. The van der Waals surface area contributed by atoms with Crippen LogP contribution in [0.3, 0.4) is 0 Å².